The molecular weight excluding hydrogens is 592 g/mol. The molecule has 11 heteroatoms. The Morgan fingerprint density at radius 2 is 1.37 bits per heavy atom. The normalized spacial score (nSPS) is 25.7. The molecule has 232 valence electrons. The molecule has 1 heterocycles. The first-order chi connectivity index (χ1) is 20.8. The van der Waals surface area contributed by atoms with E-state index < -0.39 is 60.1 Å². The van der Waals surface area contributed by atoms with Gasteiger partial charge in [-0.1, -0.05) is 48.5 Å². The van der Waals surface area contributed by atoms with Crippen molar-refractivity contribution in [2.45, 2.75) is 69.2 Å². The zero-order valence-electron chi connectivity index (χ0n) is 24.5. The van der Waals surface area contributed by atoms with E-state index in [1.54, 1.807) is 60.8 Å². The summed E-state index contributed by atoms with van der Waals surface area (Å²) in [4.78, 5) is 51.7. The van der Waals surface area contributed by atoms with Crippen molar-refractivity contribution >= 4 is 47.4 Å². The van der Waals surface area contributed by atoms with Crippen molar-refractivity contribution in [3.63, 3.8) is 0 Å². The molecule has 0 unspecified atom stereocenters. The minimum Gasteiger partial charge on any atom is -0.466 e. The molecule has 6 atom stereocenters. The van der Waals surface area contributed by atoms with Gasteiger partial charge in [0.2, 0.25) is 0 Å². The molecule has 2 aromatic carbocycles. The van der Waals surface area contributed by atoms with E-state index in [2.05, 4.69) is 0 Å². The molecule has 0 aromatic heterocycles. The van der Waals surface area contributed by atoms with Gasteiger partial charge >= 0.3 is 23.9 Å². The highest BCUT2D eigenvalue weighted by atomic mass is 32.2. The van der Waals surface area contributed by atoms with Crippen LogP contribution in [0, 0.1) is 11.8 Å². The standard InChI is InChI=1S/C32H38O9S2/c1-4-37-25(35)18-24-26(32-42-16-11-17-43-32)28(39-20(2)33)29(38-19-22-12-7-5-8-13-22)30(40-21(3)34)27(24)41-31(36)23-14-9-6-10-15-23/h5-10,12-15,24,26-30,32H,4,11,16-19H2,1-3H3/t24-,26+,27+,28-,29+,30-/m1/s1. The van der Waals surface area contributed by atoms with Gasteiger partial charge < -0.3 is 23.7 Å². The van der Waals surface area contributed by atoms with Crippen molar-refractivity contribution in [1.82, 2.24) is 0 Å². The summed E-state index contributed by atoms with van der Waals surface area (Å²) in [6, 6.07) is 17.9. The summed E-state index contributed by atoms with van der Waals surface area (Å²) >= 11 is 3.42. The number of benzene rings is 2. The molecule has 1 aliphatic carbocycles. The lowest BCUT2D eigenvalue weighted by Crippen LogP contribution is -2.64. The number of rotatable bonds is 11. The topological polar surface area (TPSA) is 114 Å². The summed E-state index contributed by atoms with van der Waals surface area (Å²) in [6.07, 6.45) is -3.29. The van der Waals surface area contributed by atoms with E-state index in [0.29, 0.717) is 5.56 Å². The number of hydrogen-bond donors (Lipinski definition) is 0. The van der Waals surface area contributed by atoms with Crippen LogP contribution in [0.5, 0.6) is 0 Å². The Kier molecular flexibility index (Phi) is 12.4. The number of thioether (sulfide) groups is 2. The van der Waals surface area contributed by atoms with Gasteiger partial charge in [-0.15, -0.1) is 23.5 Å². The number of esters is 4. The van der Waals surface area contributed by atoms with Crippen molar-refractivity contribution in [3.05, 3.63) is 71.8 Å². The van der Waals surface area contributed by atoms with Gasteiger partial charge in [0, 0.05) is 25.7 Å². The van der Waals surface area contributed by atoms with E-state index >= 15 is 0 Å². The van der Waals surface area contributed by atoms with E-state index in [4.69, 9.17) is 23.7 Å². The lowest BCUT2D eigenvalue weighted by atomic mass is 9.71. The van der Waals surface area contributed by atoms with Crippen LogP contribution in [0.3, 0.4) is 0 Å². The van der Waals surface area contributed by atoms with Crippen molar-refractivity contribution < 1.29 is 42.9 Å². The minimum absolute atomic E-state index is 0.114. The summed E-state index contributed by atoms with van der Waals surface area (Å²) in [5.74, 6) is -1.73. The van der Waals surface area contributed by atoms with Crippen LogP contribution in [-0.2, 0) is 44.7 Å². The Bertz CT molecular complexity index is 1220. The zero-order valence-corrected chi connectivity index (χ0v) is 26.2. The third-order valence-corrected chi connectivity index (χ3v) is 10.4. The highest BCUT2D eigenvalue weighted by molar-refractivity contribution is 8.17. The first kappa shape index (κ1) is 32.9. The summed E-state index contributed by atoms with van der Waals surface area (Å²) in [7, 11) is 0. The largest absolute Gasteiger partial charge is 0.466 e. The van der Waals surface area contributed by atoms with Crippen molar-refractivity contribution in [2.75, 3.05) is 18.1 Å². The van der Waals surface area contributed by atoms with E-state index in [-0.39, 0.29) is 24.2 Å². The molecule has 4 rings (SSSR count). The third kappa shape index (κ3) is 9.00. The quantitative estimate of drug-likeness (QED) is 0.245. The maximum Gasteiger partial charge on any atom is 0.338 e. The molecule has 1 aliphatic heterocycles. The Morgan fingerprint density at radius 3 is 1.98 bits per heavy atom. The molecule has 2 fully saturated rings. The minimum atomic E-state index is -1.17. The van der Waals surface area contributed by atoms with Crippen LogP contribution in [0.4, 0.5) is 0 Å². The fourth-order valence-corrected chi connectivity index (χ4v) is 8.98. The fourth-order valence-electron chi connectivity index (χ4n) is 5.59. The summed E-state index contributed by atoms with van der Waals surface area (Å²) < 4.78 is 29.7. The Balaban J connectivity index is 1.83. The second kappa shape index (κ2) is 16.2. The molecule has 0 amide bonds. The van der Waals surface area contributed by atoms with Gasteiger partial charge in [-0.2, -0.15) is 0 Å². The van der Waals surface area contributed by atoms with Gasteiger partial charge in [0.05, 0.1) is 29.8 Å². The molecule has 9 nitrogen and oxygen atoms in total. The SMILES string of the molecule is CCOC(=O)C[C@H]1[C@H](OC(=O)c2ccccc2)[C@@H](OC(C)=O)[C@@H](OCc2ccccc2)[C@H](OC(C)=O)[C@H]1C1SCCCS1. The summed E-state index contributed by atoms with van der Waals surface area (Å²) in [6.45, 7) is 4.58. The van der Waals surface area contributed by atoms with Crippen LogP contribution in [-0.4, -0.2) is 71.0 Å². The van der Waals surface area contributed by atoms with Gasteiger partial charge in [-0.25, -0.2) is 4.79 Å². The molecule has 2 aromatic rings. The first-order valence-electron chi connectivity index (χ1n) is 14.4. The Labute approximate surface area is 260 Å². The van der Waals surface area contributed by atoms with Crippen molar-refractivity contribution in [3.8, 4) is 0 Å². The highest BCUT2D eigenvalue weighted by Crippen LogP contribution is 2.49. The van der Waals surface area contributed by atoms with Crippen LogP contribution < -0.4 is 0 Å². The molecule has 1 saturated heterocycles. The van der Waals surface area contributed by atoms with E-state index in [1.807, 2.05) is 30.3 Å². The number of carbonyl (C=O) groups excluding carboxylic acids is 4. The maximum atomic E-state index is 13.5. The first-order valence-corrected chi connectivity index (χ1v) is 16.5. The van der Waals surface area contributed by atoms with Gasteiger partial charge in [0.1, 0.15) is 18.3 Å². The maximum absolute atomic E-state index is 13.5. The van der Waals surface area contributed by atoms with Crippen molar-refractivity contribution in [2.24, 2.45) is 11.8 Å². The summed E-state index contributed by atoms with van der Waals surface area (Å²) in [5, 5.41) is 0. The Morgan fingerprint density at radius 1 is 0.767 bits per heavy atom. The van der Waals surface area contributed by atoms with Gasteiger partial charge in [0.25, 0.3) is 0 Å². The van der Waals surface area contributed by atoms with E-state index in [1.165, 1.54) is 13.8 Å². The molecule has 0 spiro atoms. The predicted octanol–water partition coefficient (Wildman–Crippen LogP) is 5.06. The van der Waals surface area contributed by atoms with Gasteiger partial charge in [-0.3, -0.25) is 14.4 Å². The molecule has 0 radical (unpaired) electrons. The fraction of sp³-hybridized carbons (Fsp3) is 0.500. The smallest absolute Gasteiger partial charge is 0.338 e. The molecule has 1 saturated carbocycles. The molecule has 2 aliphatic rings. The number of hydrogen-bond acceptors (Lipinski definition) is 11. The zero-order chi connectivity index (χ0) is 30.8. The molecule has 0 N–H and O–H groups in total. The average Bonchev–Trinajstić information content (AvgIpc) is 2.99. The van der Waals surface area contributed by atoms with Crippen LogP contribution in [0.1, 0.15) is 49.5 Å². The lowest BCUT2D eigenvalue weighted by molar-refractivity contribution is -0.227. The average molecular weight is 631 g/mol. The van der Waals surface area contributed by atoms with Crippen LogP contribution in [0.2, 0.25) is 0 Å². The summed E-state index contributed by atoms with van der Waals surface area (Å²) in [5.41, 5.74) is 1.16. The third-order valence-electron chi connectivity index (χ3n) is 7.28. The number of carbonyl (C=O) groups is 4. The molecular formula is C32H38O9S2. The highest BCUT2D eigenvalue weighted by Gasteiger charge is 2.59. The Hall–Kier alpha value is -3.02. The van der Waals surface area contributed by atoms with Crippen LogP contribution in [0.15, 0.2) is 60.7 Å². The van der Waals surface area contributed by atoms with Crippen LogP contribution in [0.25, 0.3) is 0 Å². The van der Waals surface area contributed by atoms with E-state index in [9.17, 15) is 19.2 Å². The monoisotopic (exact) mass is 630 g/mol. The van der Waals surface area contributed by atoms with Crippen LogP contribution >= 0.6 is 23.5 Å². The van der Waals surface area contributed by atoms with Gasteiger partial charge in [-0.05, 0) is 42.5 Å². The number of ether oxygens (including phenoxy) is 5. The lowest BCUT2D eigenvalue weighted by Gasteiger charge is -2.51. The van der Waals surface area contributed by atoms with E-state index in [0.717, 1.165) is 23.5 Å². The van der Waals surface area contributed by atoms with Crippen molar-refractivity contribution in [1.29, 1.82) is 0 Å². The second-order valence-corrected chi connectivity index (χ2v) is 13.2. The molecule has 43 heavy (non-hydrogen) atoms. The second-order valence-electron chi connectivity index (χ2n) is 10.4. The predicted molar refractivity (Wildman–Crippen MR) is 163 cm³/mol. The molecule has 0 bridgehead atoms. The van der Waals surface area contributed by atoms with Gasteiger partial charge in [0.15, 0.2) is 6.10 Å².